The van der Waals surface area contributed by atoms with Crippen molar-refractivity contribution in [2.24, 2.45) is 0 Å². The summed E-state index contributed by atoms with van der Waals surface area (Å²) in [5.74, 6) is -4.04. The smallest absolute Gasteiger partial charge is 0.441 e. The van der Waals surface area contributed by atoms with Gasteiger partial charge in [-0.2, -0.15) is 8.78 Å². The van der Waals surface area contributed by atoms with Crippen LogP contribution < -0.4 is 9.84 Å². The summed E-state index contributed by atoms with van der Waals surface area (Å²) in [6, 6.07) is 5.11. The van der Waals surface area contributed by atoms with E-state index in [1.165, 1.54) is 18.2 Å². The fourth-order valence-corrected chi connectivity index (χ4v) is 2.30. The normalized spacial score (nSPS) is 16.1. The second-order valence-electron chi connectivity index (χ2n) is 5.07. The van der Waals surface area contributed by atoms with Crippen molar-refractivity contribution in [2.75, 3.05) is 0 Å². The molecule has 0 N–H and O–H groups in total. The number of para-hydroxylation sites is 1. The fourth-order valence-electron chi connectivity index (χ4n) is 2.30. The third-order valence-corrected chi connectivity index (χ3v) is 3.41. The Bertz CT molecular complexity index is 553. The van der Waals surface area contributed by atoms with Gasteiger partial charge in [0.1, 0.15) is 17.4 Å². The number of carbonyl (C=O) groups excluding carboxylic acids is 2. The Morgan fingerprint density at radius 2 is 1.77 bits per heavy atom. The predicted octanol–water partition coefficient (Wildman–Crippen LogP) is 1.90. The van der Waals surface area contributed by atoms with Crippen LogP contribution in [0.3, 0.4) is 0 Å². The molecule has 0 aromatic heterocycles. The van der Waals surface area contributed by atoms with E-state index in [0.29, 0.717) is 0 Å². The number of esters is 1. The fraction of sp³-hybridized carbons (Fsp3) is 0.467. The molecular weight excluding hydrogens is 298 g/mol. The lowest BCUT2D eigenvalue weighted by atomic mass is 9.98. The third kappa shape index (κ3) is 3.93. The zero-order chi connectivity index (χ0) is 16.2. The molecule has 5 nitrogen and oxygen atoms in total. The molecule has 0 saturated heterocycles. The van der Waals surface area contributed by atoms with E-state index in [-0.39, 0.29) is 11.7 Å². The molecule has 1 fully saturated rings. The Morgan fingerprint density at radius 1 is 1.14 bits per heavy atom. The lowest BCUT2D eigenvalue weighted by molar-refractivity contribution is -0.350. The molecule has 120 valence electrons. The Balaban J connectivity index is 2.13. The van der Waals surface area contributed by atoms with Crippen molar-refractivity contribution >= 4 is 11.9 Å². The van der Waals surface area contributed by atoms with E-state index in [1.807, 2.05) is 0 Å². The summed E-state index contributed by atoms with van der Waals surface area (Å²) in [5, 5.41) is 10.3. The highest BCUT2D eigenvalue weighted by Gasteiger charge is 2.35. The maximum Gasteiger partial charge on any atom is 0.441 e. The van der Waals surface area contributed by atoms with Crippen LogP contribution in [-0.4, -0.2) is 24.2 Å². The first kappa shape index (κ1) is 16.2. The SMILES string of the molecule is O=C(OC1CCCCC1)c1ccccc1OC(F)(F)C(=O)[O-]. The van der Waals surface area contributed by atoms with Gasteiger partial charge in [0, 0.05) is 0 Å². The van der Waals surface area contributed by atoms with Crippen LogP contribution in [0.5, 0.6) is 5.75 Å². The zero-order valence-corrected chi connectivity index (χ0v) is 11.7. The first-order valence-corrected chi connectivity index (χ1v) is 6.98. The minimum atomic E-state index is -4.53. The molecule has 1 saturated carbocycles. The van der Waals surface area contributed by atoms with E-state index in [0.717, 1.165) is 38.2 Å². The van der Waals surface area contributed by atoms with Crippen LogP contribution in [0.2, 0.25) is 0 Å². The molecule has 7 heteroatoms. The maximum absolute atomic E-state index is 13.1. The van der Waals surface area contributed by atoms with Crippen LogP contribution in [0.25, 0.3) is 0 Å². The topological polar surface area (TPSA) is 75.7 Å². The number of carbonyl (C=O) groups is 2. The third-order valence-electron chi connectivity index (χ3n) is 3.41. The highest BCUT2D eigenvalue weighted by Crippen LogP contribution is 2.27. The predicted molar refractivity (Wildman–Crippen MR) is 69.3 cm³/mol. The minimum Gasteiger partial charge on any atom is -0.541 e. The van der Waals surface area contributed by atoms with Crippen LogP contribution in [0, 0.1) is 0 Å². The molecular formula is C15H15F2O5-. The van der Waals surface area contributed by atoms with Crippen molar-refractivity contribution < 1.29 is 33.0 Å². The van der Waals surface area contributed by atoms with Gasteiger partial charge in [-0.25, -0.2) is 4.79 Å². The van der Waals surface area contributed by atoms with Crippen LogP contribution in [-0.2, 0) is 9.53 Å². The summed E-state index contributed by atoms with van der Waals surface area (Å²) in [6.45, 7) is 0. The molecule has 22 heavy (non-hydrogen) atoms. The van der Waals surface area contributed by atoms with Gasteiger partial charge in [-0.1, -0.05) is 18.6 Å². The monoisotopic (exact) mass is 313 g/mol. The second kappa shape index (κ2) is 6.72. The Kier molecular flexibility index (Phi) is 4.95. The van der Waals surface area contributed by atoms with Crippen molar-refractivity contribution in [3.8, 4) is 5.75 Å². The lowest BCUT2D eigenvalue weighted by Gasteiger charge is -2.23. The first-order chi connectivity index (χ1) is 10.4. The summed E-state index contributed by atoms with van der Waals surface area (Å²) in [7, 11) is 0. The van der Waals surface area contributed by atoms with E-state index >= 15 is 0 Å². The van der Waals surface area contributed by atoms with Gasteiger partial charge in [0.05, 0.1) is 0 Å². The molecule has 1 aromatic carbocycles. The average molecular weight is 313 g/mol. The number of rotatable bonds is 5. The number of carboxylic acids is 1. The van der Waals surface area contributed by atoms with Gasteiger partial charge < -0.3 is 19.4 Å². The van der Waals surface area contributed by atoms with E-state index < -0.39 is 23.8 Å². The number of alkyl halides is 2. The molecule has 0 atom stereocenters. The highest BCUT2D eigenvalue weighted by atomic mass is 19.3. The number of hydrogen-bond acceptors (Lipinski definition) is 5. The molecule has 1 aromatic rings. The molecule has 2 rings (SSSR count). The first-order valence-electron chi connectivity index (χ1n) is 6.98. The van der Waals surface area contributed by atoms with E-state index in [4.69, 9.17) is 4.74 Å². The molecule has 0 aliphatic heterocycles. The number of benzene rings is 1. The molecule has 0 unspecified atom stereocenters. The largest absolute Gasteiger partial charge is 0.541 e. The summed E-state index contributed by atoms with van der Waals surface area (Å²) < 4.78 is 35.6. The summed E-state index contributed by atoms with van der Waals surface area (Å²) in [4.78, 5) is 22.4. The van der Waals surface area contributed by atoms with Gasteiger partial charge in [0.2, 0.25) is 0 Å². The standard InChI is InChI=1S/C15H16F2O5/c16-15(17,14(19)20)22-12-9-5-4-8-11(12)13(18)21-10-6-2-1-3-7-10/h4-5,8-10H,1-3,6-7H2,(H,19,20)/p-1. The van der Waals surface area contributed by atoms with Crippen molar-refractivity contribution in [1.82, 2.24) is 0 Å². The number of ether oxygens (including phenoxy) is 2. The van der Waals surface area contributed by atoms with Crippen LogP contribution in [0.15, 0.2) is 24.3 Å². The van der Waals surface area contributed by atoms with Crippen molar-refractivity contribution in [3.05, 3.63) is 29.8 Å². The number of halogens is 2. The Hall–Kier alpha value is -2.18. The molecule has 1 aliphatic rings. The zero-order valence-electron chi connectivity index (χ0n) is 11.7. The van der Waals surface area contributed by atoms with E-state index in [9.17, 15) is 23.5 Å². The molecule has 0 spiro atoms. The summed E-state index contributed by atoms with van der Waals surface area (Å²) >= 11 is 0. The van der Waals surface area contributed by atoms with Gasteiger partial charge in [0.15, 0.2) is 5.97 Å². The number of carboxylic acid groups (broad SMARTS) is 1. The van der Waals surface area contributed by atoms with Crippen molar-refractivity contribution in [2.45, 2.75) is 44.3 Å². The van der Waals surface area contributed by atoms with Crippen LogP contribution >= 0.6 is 0 Å². The average Bonchev–Trinajstić information content (AvgIpc) is 2.48. The van der Waals surface area contributed by atoms with E-state index in [2.05, 4.69) is 4.74 Å². The lowest BCUT2D eigenvalue weighted by Crippen LogP contribution is -2.45. The van der Waals surface area contributed by atoms with Crippen LogP contribution in [0.1, 0.15) is 42.5 Å². The Morgan fingerprint density at radius 3 is 2.41 bits per heavy atom. The van der Waals surface area contributed by atoms with Gasteiger partial charge in [0.25, 0.3) is 0 Å². The molecule has 0 bridgehead atoms. The van der Waals surface area contributed by atoms with Crippen molar-refractivity contribution in [1.29, 1.82) is 0 Å². The van der Waals surface area contributed by atoms with Gasteiger partial charge in [-0.05, 0) is 37.8 Å². The van der Waals surface area contributed by atoms with Crippen molar-refractivity contribution in [3.63, 3.8) is 0 Å². The second-order valence-corrected chi connectivity index (χ2v) is 5.07. The highest BCUT2D eigenvalue weighted by molar-refractivity contribution is 5.92. The van der Waals surface area contributed by atoms with Gasteiger partial charge in [-0.15, -0.1) is 0 Å². The minimum absolute atomic E-state index is 0.242. The Labute approximate surface area is 125 Å². The van der Waals surface area contributed by atoms with Gasteiger partial charge in [-0.3, -0.25) is 0 Å². The number of aliphatic carboxylic acids is 1. The molecule has 0 heterocycles. The summed E-state index contributed by atoms with van der Waals surface area (Å²) in [5.41, 5.74) is -0.242. The van der Waals surface area contributed by atoms with Gasteiger partial charge >= 0.3 is 12.1 Å². The number of hydrogen-bond donors (Lipinski definition) is 0. The van der Waals surface area contributed by atoms with E-state index in [1.54, 1.807) is 0 Å². The molecule has 0 amide bonds. The molecule has 1 aliphatic carbocycles. The quantitative estimate of drug-likeness (QED) is 0.776. The summed E-state index contributed by atoms with van der Waals surface area (Å²) in [6.07, 6.45) is -0.366. The molecule has 0 radical (unpaired) electrons. The van der Waals surface area contributed by atoms with Crippen LogP contribution in [0.4, 0.5) is 8.78 Å². The maximum atomic E-state index is 13.1.